The van der Waals surface area contributed by atoms with Gasteiger partial charge in [-0.15, -0.1) is 0 Å². The quantitative estimate of drug-likeness (QED) is 0.0293. The zero-order valence-corrected chi connectivity index (χ0v) is 35.2. The van der Waals surface area contributed by atoms with Crippen molar-refractivity contribution >= 4 is 5.97 Å². The van der Waals surface area contributed by atoms with E-state index in [4.69, 9.17) is 28.4 Å². The molecule has 0 aromatic carbocycles. The molecule has 0 aromatic rings. The highest BCUT2D eigenvalue weighted by Crippen LogP contribution is 2.26. The van der Waals surface area contributed by atoms with Crippen LogP contribution in [0.1, 0.15) is 104 Å². The van der Waals surface area contributed by atoms with Gasteiger partial charge in [-0.05, 0) is 64.2 Å². The fourth-order valence-corrected chi connectivity index (χ4v) is 6.17. The fourth-order valence-electron chi connectivity index (χ4n) is 6.17. The molecule has 0 radical (unpaired) electrons. The van der Waals surface area contributed by atoms with E-state index >= 15 is 0 Å². The summed E-state index contributed by atoms with van der Waals surface area (Å²) in [5.41, 5.74) is 0. The number of ether oxygens (including phenoxy) is 6. The van der Waals surface area contributed by atoms with Crippen molar-refractivity contribution in [3.05, 3.63) is 72.9 Å². The van der Waals surface area contributed by atoms with Gasteiger partial charge in [-0.25, -0.2) is 0 Å². The third-order valence-electron chi connectivity index (χ3n) is 9.73. The Hall–Kier alpha value is -2.57. The second kappa shape index (κ2) is 33.1. The number of hydrogen-bond acceptors (Lipinski definition) is 14. The van der Waals surface area contributed by atoms with Crippen molar-refractivity contribution in [2.75, 3.05) is 33.0 Å². The molecule has 0 bridgehead atoms. The minimum Gasteiger partial charge on any atom is -0.457 e. The summed E-state index contributed by atoms with van der Waals surface area (Å²) in [5.74, 6) is -0.418. The van der Waals surface area contributed by atoms with E-state index in [1.54, 1.807) is 0 Å². The SMILES string of the molecule is CC/C=C\C/C=C\C/C=C\C/C=C\C/C=C\C/C=C\CCCCCOCC(COC1OC(COC2OC(CO)C(O)C(O)C2O)C(O)C(O)C1O)OC(=O)CCCCC. The molecule has 2 saturated heterocycles. The van der Waals surface area contributed by atoms with Crippen LogP contribution in [-0.2, 0) is 33.2 Å². The summed E-state index contributed by atoms with van der Waals surface area (Å²) in [6, 6.07) is 0. The van der Waals surface area contributed by atoms with Crippen LogP contribution in [0.15, 0.2) is 72.9 Å². The Morgan fingerprint density at radius 3 is 1.66 bits per heavy atom. The number of esters is 1. The maximum atomic E-state index is 12.6. The van der Waals surface area contributed by atoms with Crippen LogP contribution >= 0.6 is 0 Å². The predicted octanol–water partition coefficient (Wildman–Crippen LogP) is 4.39. The van der Waals surface area contributed by atoms with Crippen molar-refractivity contribution in [2.45, 2.75) is 171 Å². The zero-order valence-electron chi connectivity index (χ0n) is 35.2. The van der Waals surface area contributed by atoms with Crippen LogP contribution in [0.25, 0.3) is 0 Å². The molecule has 14 heteroatoms. The van der Waals surface area contributed by atoms with Crippen molar-refractivity contribution in [2.24, 2.45) is 0 Å². The van der Waals surface area contributed by atoms with Crippen LogP contribution in [0.3, 0.4) is 0 Å². The number of carbonyl (C=O) groups is 1. The number of rotatable bonds is 31. The Balaban J connectivity index is 1.70. The Bertz CT molecular complexity index is 1250. The predicted molar refractivity (Wildman–Crippen MR) is 224 cm³/mol. The van der Waals surface area contributed by atoms with Crippen LogP contribution < -0.4 is 0 Å². The number of unbranched alkanes of at least 4 members (excludes halogenated alkanes) is 5. The highest BCUT2D eigenvalue weighted by Gasteiger charge is 2.47. The lowest BCUT2D eigenvalue weighted by molar-refractivity contribution is -0.332. The number of aliphatic hydroxyl groups excluding tert-OH is 7. The second-order valence-electron chi connectivity index (χ2n) is 14.8. The average Bonchev–Trinajstić information content (AvgIpc) is 3.23. The van der Waals surface area contributed by atoms with Crippen LogP contribution in [0, 0.1) is 0 Å². The van der Waals surface area contributed by atoms with E-state index in [0.717, 1.165) is 77.0 Å². The van der Waals surface area contributed by atoms with Gasteiger partial charge >= 0.3 is 5.97 Å². The van der Waals surface area contributed by atoms with Gasteiger partial charge in [-0.3, -0.25) is 4.79 Å². The first-order valence-electron chi connectivity index (χ1n) is 21.5. The monoisotopic (exact) mass is 839 g/mol. The molecule has 2 rings (SSSR count). The lowest BCUT2D eigenvalue weighted by atomic mass is 9.98. The molecule has 338 valence electrons. The smallest absolute Gasteiger partial charge is 0.306 e. The van der Waals surface area contributed by atoms with Crippen molar-refractivity contribution < 1.29 is 69.0 Å². The molecule has 0 aliphatic carbocycles. The molecule has 14 nitrogen and oxygen atoms in total. The van der Waals surface area contributed by atoms with Gasteiger partial charge in [0.1, 0.15) is 54.9 Å². The van der Waals surface area contributed by atoms with Crippen LogP contribution in [0.5, 0.6) is 0 Å². The average molecular weight is 839 g/mol. The van der Waals surface area contributed by atoms with E-state index in [-0.39, 0.29) is 19.6 Å². The molecule has 59 heavy (non-hydrogen) atoms. The van der Waals surface area contributed by atoms with Gasteiger partial charge in [0.15, 0.2) is 12.6 Å². The van der Waals surface area contributed by atoms with E-state index in [2.05, 4.69) is 79.8 Å². The van der Waals surface area contributed by atoms with Crippen molar-refractivity contribution in [1.29, 1.82) is 0 Å². The number of aliphatic hydroxyl groups is 7. The van der Waals surface area contributed by atoms with E-state index in [1.807, 2.05) is 6.92 Å². The minimum atomic E-state index is -1.71. The maximum Gasteiger partial charge on any atom is 0.306 e. The van der Waals surface area contributed by atoms with E-state index in [0.29, 0.717) is 13.0 Å². The molecule has 2 aliphatic rings. The summed E-state index contributed by atoms with van der Waals surface area (Å²) in [6.07, 6.45) is 22.3. The van der Waals surface area contributed by atoms with E-state index in [1.165, 1.54) is 0 Å². The molecular formula is C45H74O14. The summed E-state index contributed by atoms with van der Waals surface area (Å²) < 4.78 is 33.7. The Kier molecular flexibility index (Phi) is 29.5. The summed E-state index contributed by atoms with van der Waals surface area (Å²) in [4.78, 5) is 12.6. The standard InChI is InChI=1S/C45H74O14/c1-3-5-7-8-9-10-11-12-13-14-15-16-17-18-19-20-21-22-23-24-25-27-29-54-31-34(57-37(47)28-26-6-4-2)32-55-44-43(53)41(51)39(49)36(59-44)33-56-45-42(52)40(50)38(48)35(30-46)58-45/h5,7,9-10,12-13,15-16,18-19,21-22,34-36,38-46,48-53H,3-4,6,8,11,14,17,20,23-33H2,1-2H3/b7-5-,10-9-,13-12-,16-15-,19-18-,22-21-. The van der Waals surface area contributed by atoms with Gasteiger partial charge in [0.25, 0.3) is 0 Å². The first-order chi connectivity index (χ1) is 28.6. The third kappa shape index (κ3) is 22.2. The van der Waals surface area contributed by atoms with Gasteiger partial charge < -0.3 is 64.2 Å². The number of allylic oxidation sites excluding steroid dienone is 12. The van der Waals surface area contributed by atoms with Crippen molar-refractivity contribution in [1.82, 2.24) is 0 Å². The summed E-state index contributed by atoms with van der Waals surface area (Å²) in [5, 5.41) is 71.5. The Morgan fingerprint density at radius 1 is 0.576 bits per heavy atom. The second-order valence-corrected chi connectivity index (χ2v) is 14.8. The van der Waals surface area contributed by atoms with Crippen molar-refractivity contribution in [3.8, 4) is 0 Å². The Labute approximate surface area is 351 Å². The van der Waals surface area contributed by atoms with Crippen molar-refractivity contribution in [3.63, 3.8) is 0 Å². The highest BCUT2D eigenvalue weighted by molar-refractivity contribution is 5.69. The normalized spacial score (nSPS) is 28.7. The summed E-state index contributed by atoms with van der Waals surface area (Å²) in [7, 11) is 0. The molecule has 11 atom stereocenters. The molecule has 2 aliphatic heterocycles. The lowest BCUT2D eigenvalue weighted by Crippen LogP contribution is -2.61. The number of carbonyl (C=O) groups excluding carboxylic acids is 1. The fraction of sp³-hybridized carbons (Fsp3) is 0.711. The van der Waals surface area contributed by atoms with Gasteiger partial charge in [0.05, 0.1) is 26.4 Å². The first kappa shape index (κ1) is 52.6. The zero-order chi connectivity index (χ0) is 43.1. The molecule has 2 fully saturated rings. The van der Waals surface area contributed by atoms with Crippen LogP contribution in [0.4, 0.5) is 0 Å². The van der Waals surface area contributed by atoms with Crippen LogP contribution in [-0.4, -0.2) is 142 Å². The van der Waals surface area contributed by atoms with Gasteiger partial charge in [-0.2, -0.15) is 0 Å². The topological polar surface area (TPSA) is 214 Å². The molecular weight excluding hydrogens is 764 g/mol. The molecule has 0 amide bonds. The third-order valence-corrected chi connectivity index (χ3v) is 9.73. The summed E-state index contributed by atoms with van der Waals surface area (Å²) in [6.45, 7) is 3.25. The van der Waals surface area contributed by atoms with Gasteiger partial charge in [-0.1, -0.05) is 106 Å². The van der Waals surface area contributed by atoms with E-state index < -0.39 is 86.7 Å². The van der Waals surface area contributed by atoms with Crippen LogP contribution in [0.2, 0.25) is 0 Å². The molecule has 2 heterocycles. The maximum absolute atomic E-state index is 12.6. The summed E-state index contributed by atoms with van der Waals surface area (Å²) >= 11 is 0. The lowest BCUT2D eigenvalue weighted by Gasteiger charge is -2.42. The van der Waals surface area contributed by atoms with E-state index in [9.17, 15) is 40.5 Å². The Morgan fingerprint density at radius 2 is 1.10 bits per heavy atom. The molecule has 0 aromatic heterocycles. The van der Waals surface area contributed by atoms with Gasteiger partial charge in [0, 0.05) is 13.0 Å². The molecule has 11 unspecified atom stereocenters. The highest BCUT2D eigenvalue weighted by atomic mass is 16.7. The molecule has 7 N–H and O–H groups in total. The minimum absolute atomic E-state index is 0.0321. The first-order valence-corrected chi connectivity index (χ1v) is 21.5. The number of hydrogen-bond donors (Lipinski definition) is 7. The van der Waals surface area contributed by atoms with Gasteiger partial charge in [0.2, 0.25) is 0 Å². The molecule has 0 saturated carbocycles. The largest absolute Gasteiger partial charge is 0.457 e. The molecule has 0 spiro atoms.